The topological polar surface area (TPSA) is 90.9 Å². The molecule has 7 heteroatoms. The monoisotopic (exact) mass is 543 g/mol. The molecular formula is C33H37NO6. The van der Waals surface area contributed by atoms with Gasteiger partial charge in [-0.15, -0.1) is 0 Å². The largest absolute Gasteiger partial charge is 0.493 e. The first kappa shape index (κ1) is 27.7. The number of benzene rings is 2. The molecule has 1 aliphatic heterocycles. The quantitative estimate of drug-likeness (QED) is 0.452. The maximum Gasteiger partial charge on any atom is 0.262 e. The number of amides is 1. The van der Waals surface area contributed by atoms with E-state index in [9.17, 15) is 14.4 Å². The van der Waals surface area contributed by atoms with Crippen molar-refractivity contribution in [2.75, 3.05) is 19.0 Å². The van der Waals surface area contributed by atoms with Crippen LogP contribution in [-0.2, 0) is 19.1 Å². The molecule has 1 heterocycles. The lowest BCUT2D eigenvalue weighted by Gasteiger charge is -2.42. The summed E-state index contributed by atoms with van der Waals surface area (Å²) in [6, 6.07) is 12.9. The number of hydrogen-bond donors (Lipinski definition) is 1. The van der Waals surface area contributed by atoms with E-state index in [-0.39, 0.29) is 34.9 Å². The minimum Gasteiger partial charge on any atom is -0.493 e. The summed E-state index contributed by atoms with van der Waals surface area (Å²) < 4.78 is 17.8. The van der Waals surface area contributed by atoms with Crippen molar-refractivity contribution in [3.63, 3.8) is 0 Å². The molecule has 0 spiro atoms. The molecule has 5 rings (SSSR count). The zero-order chi connectivity index (χ0) is 28.8. The Balaban J connectivity index is 1.46. The Morgan fingerprint density at radius 1 is 0.900 bits per heavy atom. The highest BCUT2D eigenvalue weighted by molar-refractivity contribution is 6.06. The Morgan fingerprint density at radius 3 is 2.10 bits per heavy atom. The second-order valence-electron chi connectivity index (χ2n) is 12.7. The van der Waals surface area contributed by atoms with E-state index >= 15 is 0 Å². The van der Waals surface area contributed by atoms with E-state index in [1.165, 1.54) is 7.11 Å². The molecule has 0 fully saturated rings. The number of anilines is 1. The van der Waals surface area contributed by atoms with Crippen molar-refractivity contribution in [1.29, 1.82) is 0 Å². The molecule has 0 unspecified atom stereocenters. The molecule has 2 aromatic carbocycles. The Morgan fingerprint density at radius 2 is 1.52 bits per heavy atom. The molecule has 0 aromatic heterocycles. The fourth-order valence-electron chi connectivity index (χ4n) is 6.05. The van der Waals surface area contributed by atoms with E-state index in [4.69, 9.17) is 14.2 Å². The highest BCUT2D eigenvalue weighted by Crippen LogP contribution is 2.53. The predicted molar refractivity (Wildman–Crippen MR) is 152 cm³/mol. The van der Waals surface area contributed by atoms with Gasteiger partial charge in [-0.2, -0.15) is 0 Å². The van der Waals surface area contributed by atoms with Gasteiger partial charge in [0, 0.05) is 48.4 Å². The number of Topliss-reactive ketones (excluding diaryl/α,β-unsaturated/α-hetero) is 2. The zero-order valence-electron chi connectivity index (χ0n) is 24.1. The summed E-state index contributed by atoms with van der Waals surface area (Å²) in [5.74, 6) is 1.34. The van der Waals surface area contributed by atoms with Crippen LogP contribution in [-0.4, -0.2) is 31.2 Å². The average Bonchev–Trinajstić information content (AvgIpc) is 2.84. The number of methoxy groups -OCH3 is 1. The summed E-state index contributed by atoms with van der Waals surface area (Å²) in [4.78, 5) is 39.6. The second kappa shape index (κ2) is 10.3. The van der Waals surface area contributed by atoms with Gasteiger partial charge in [-0.25, -0.2) is 0 Å². The minimum atomic E-state index is -0.529. The molecule has 40 heavy (non-hydrogen) atoms. The third-order valence-electron chi connectivity index (χ3n) is 7.76. The van der Waals surface area contributed by atoms with Crippen molar-refractivity contribution < 1.29 is 28.6 Å². The van der Waals surface area contributed by atoms with Crippen molar-refractivity contribution in [3.8, 4) is 11.5 Å². The molecule has 1 N–H and O–H groups in total. The minimum absolute atomic E-state index is 0.00699. The van der Waals surface area contributed by atoms with E-state index in [1.54, 1.807) is 12.1 Å². The van der Waals surface area contributed by atoms with Gasteiger partial charge in [-0.05, 0) is 53.1 Å². The number of ketones is 2. The molecule has 0 radical (unpaired) electrons. The van der Waals surface area contributed by atoms with Gasteiger partial charge < -0.3 is 19.5 Å². The van der Waals surface area contributed by atoms with Crippen LogP contribution in [0.15, 0.2) is 65.1 Å². The molecular weight excluding hydrogens is 506 g/mol. The molecule has 3 aliphatic rings. The van der Waals surface area contributed by atoms with Gasteiger partial charge in [0.05, 0.1) is 7.11 Å². The van der Waals surface area contributed by atoms with Gasteiger partial charge in [0.15, 0.2) is 29.7 Å². The number of hydrogen-bond acceptors (Lipinski definition) is 6. The van der Waals surface area contributed by atoms with Crippen LogP contribution in [0.2, 0.25) is 0 Å². The Labute approximate surface area is 235 Å². The van der Waals surface area contributed by atoms with Crippen LogP contribution in [0.4, 0.5) is 5.69 Å². The summed E-state index contributed by atoms with van der Waals surface area (Å²) in [5, 5.41) is 2.83. The van der Waals surface area contributed by atoms with Gasteiger partial charge in [0.25, 0.3) is 5.91 Å². The second-order valence-corrected chi connectivity index (χ2v) is 12.7. The zero-order valence-corrected chi connectivity index (χ0v) is 24.1. The molecule has 0 saturated carbocycles. The average molecular weight is 544 g/mol. The normalized spacial score (nSPS) is 19.9. The van der Waals surface area contributed by atoms with Gasteiger partial charge in [0.1, 0.15) is 11.5 Å². The van der Waals surface area contributed by atoms with Crippen molar-refractivity contribution >= 4 is 23.2 Å². The SMILES string of the molecule is COc1cc(C2C3=C(CC(C)(C)CC3=O)OC3=C2C(=O)CC(C)(C)C3)ccc1OCC(=O)Nc1cccc(C)c1. The highest BCUT2D eigenvalue weighted by Gasteiger charge is 2.47. The van der Waals surface area contributed by atoms with E-state index < -0.39 is 5.92 Å². The lowest BCUT2D eigenvalue weighted by atomic mass is 9.65. The van der Waals surface area contributed by atoms with Crippen LogP contribution in [0.5, 0.6) is 11.5 Å². The van der Waals surface area contributed by atoms with Crippen LogP contribution in [0.1, 0.15) is 70.4 Å². The molecule has 210 valence electrons. The number of nitrogens with one attached hydrogen (secondary N) is 1. The van der Waals surface area contributed by atoms with E-state index in [1.807, 2.05) is 37.3 Å². The molecule has 2 aliphatic carbocycles. The maximum atomic E-state index is 13.5. The van der Waals surface area contributed by atoms with Crippen molar-refractivity contribution in [3.05, 3.63) is 76.3 Å². The van der Waals surface area contributed by atoms with Gasteiger partial charge in [-0.3, -0.25) is 14.4 Å². The number of rotatable bonds is 6. The lowest BCUT2D eigenvalue weighted by molar-refractivity contribution is -0.120. The first-order valence-corrected chi connectivity index (χ1v) is 13.7. The van der Waals surface area contributed by atoms with Gasteiger partial charge >= 0.3 is 0 Å². The van der Waals surface area contributed by atoms with E-state index in [0.29, 0.717) is 65.5 Å². The van der Waals surface area contributed by atoms with Crippen LogP contribution in [0, 0.1) is 17.8 Å². The molecule has 0 saturated heterocycles. The van der Waals surface area contributed by atoms with Crippen LogP contribution in [0.25, 0.3) is 0 Å². The van der Waals surface area contributed by atoms with Crippen LogP contribution in [0.3, 0.4) is 0 Å². The highest BCUT2D eigenvalue weighted by atomic mass is 16.5. The summed E-state index contributed by atoms with van der Waals surface area (Å²) >= 11 is 0. The first-order chi connectivity index (χ1) is 18.9. The van der Waals surface area contributed by atoms with Crippen LogP contribution < -0.4 is 14.8 Å². The van der Waals surface area contributed by atoms with Crippen molar-refractivity contribution in [1.82, 2.24) is 0 Å². The summed E-state index contributed by atoms with van der Waals surface area (Å²) in [6.07, 6.45) is 2.04. The fraction of sp³-hybridized carbons (Fsp3) is 0.424. The number of carbonyl (C=O) groups is 3. The first-order valence-electron chi connectivity index (χ1n) is 13.7. The smallest absolute Gasteiger partial charge is 0.262 e. The maximum absolute atomic E-state index is 13.5. The fourth-order valence-corrected chi connectivity index (χ4v) is 6.05. The predicted octanol–water partition coefficient (Wildman–Crippen LogP) is 6.42. The standard InChI is InChI=1S/C33H37NO6/c1-19-8-7-9-21(12-19)34-28(37)18-39-24-11-10-20(13-25(24)38-6)29-30-22(35)14-32(2,3)16-26(30)40-27-17-33(4,5)15-23(36)31(27)29/h7-13,29H,14-18H2,1-6H3,(H,34,37). The number of allylic oxidation sites excluding steroid dienone is 4. The van der Waals surface area contributed by atoms with E-state index in [2.05, 4.69) is 33.0 Å². The van der Waals surface area contributed by atoms with Gasteiger partial charge in [-0.1, -0.05) is 45.9 Å². The van der Waals surface area contributed by atoms with Gasteiger partial charge in [0.2, 0.25) is 0 Å². The number of carbonyl (C=O) groups excluding carboxylic acids is 3. The molecule has 2 aromatic rings. The Hall–Kier alpha value is -3.87. The Kier molecular flexibility index (Phi) is 7.11. The molecule has 0 bridgehead atoms. The van der Waals surface area contributed by atoms with E-state index in [0.717, 1.165) is 11.1 Å². The molecule has 7 nitrogen and oxygen atoms in total. The van der Waals surface area contributed by atoms with Crippen molar-refractivity contribution in [2.45, 2.75) is 66.2 Å². The summed E-state index contributed by atoms with van der Waals surface area (Å²) in [6.45, 7) is 10.0. The summed E-state index contributed by atoms with van der Waals surface area (Å²) in [7, 11) is 1.53. The Bertz CT molecular complexity index is 1410. The molecule has 1 amide bonds. The number of ether oxygens (including phenoxy) is 3. The summed E-state index contributed by atoms with van der Waals surface area (Å²) in [5.41, 5.74) is 3.20. The van der Waals surface area contributed by atoms with Crippen LogP contribution >= 0.6 is 0 Å². The third-order valence-corrected chi connectivity index (χ3v) is 7.76. The third kappa shape index (κ3) is 5.55. The lowest BCUT2D eigenvalue weighted by Crippen LogP contribution is -2.37. The molecule has 0 atom stereocenters. The van der Waals surface area contributed by atoms with Crippen molar-refractivity contribution in [2.24, 2.45) is 10.8 Å². The number of aryl methyl sites for hydroxylation is 1.